The summed E-state index contributed by atoms with van der Waals surface area (Å²) in [5, 5.41) is 4.37. The Bertz CT molecular complexity index is 3610. The summed E-state index contributed by atoms with van der Waals surface area (Å²) < 4.78 is 8.64. The highest BCUT2D eigenvalue weighted by Gasteiger charge is 2.19. The largest absolute Gasteiger partial charge is 0.456 e. The number of fused-ring (bicyclic) bond motifs is 6. The predicted octanol–water partition coefficient (Wildman–Crippen LogP) is 14.9. The normalized spacial score (nSPS) is 11.5. The molecule has 9 aromatic carbocycles. The van der Waals surface area contributed by atoms with Crippen molar-refractivity contribution in [1.29, 1.82) is 0 Å². The Morgan fingerprint density at radius 3 is 1.55 bits per heavy atom. The lowest BCUT2D eigenvalue weighted by atomic mass is 9.97. The van der Waals surface area contributed by atoms with Crippen LogP contribution in [0.3, 0.4) is 0 Å². The van der Waals surface area contributed by atoms with Crippen molar-refractivity contribution >= 4 is 43.7 Å². The highest BCUT2D eigenvalue weighted by molar-refractivity contribution is 6.12. The van der Waals surface area contributed by atoms with Crippen molar-refractivity contribution in [3.8, 4) is 73.2 Å². The highest BCUT2D eigenvalue weighted by atomic mass is 16.3. The second-order valence-corrected chi connectivity index (χ2v) is 15.6. The average molecular weight is 793 g/mol. The monoisotopic (exact) mass is 792 g/mol. The van der Waals surface area contributed by atoms with Gasteiger partial charge in [-0.15, -0.1) is 0 Å². The molecule has 62 heavy (non-hydrogen) atoms. The fourth-order valence-corrected chi connectivity index (χ4v) is 8.86. The Morgan fingerprint density at radius 1 is 0.306 bits per heavy atom. The quantitative estimate of drug-likeness (QED) is 0.161. The average Bonchev–Trinajstić information content (AvgIpc) is 3.90. The van der Waals surface area contributed by atoms with E-state index in [0.29, 0.717) is 17.5 Å². The Morgan fingerprint density at radius 2 is 0.806 bits per heavy atom. The SMILES string of the molecule is c1ccc(-c2ccc(-c3cccc(-c4ccc(-c5nc(-c6ccc7c8ccccc8n(-c8ccccc8)c7c6)nc(-c6cccc7oc8ccccc8c67)n5)cc4)c3)cc2)cc1. The molecule has 5 nitrogen and oxygen atoms in total. The van der Waals surface area contributed by atoms with Crippen LogP contribution in [0.1, 0.15) is 0 Å². The molecule has 0 aliphatic heterocycles. The molecule has 0 spiro atoms. The zero-order valence-corrected chi connectivity index (χ0v) is 33.5. The summed E-state index contributed by atoms with van der Waals surface area (Å²) in [6, 6.07) is 76.4. The molecule has 0 aliphatic carbocycles. The molecule has 0 saturated heterocycles. The first-order chi connectivity index (χ1) is 30.7. The lowest BCUT2D eigenvalue weighted by Crippen LogP contribution is -2.01. The fourth-order valence-electron chi connectivity index (χ4n) is 8.86. The predicted molar refractivity (Wildman–Crippen MR) is 254 cm³/mol. The van der Waals surface area contributed by atoms with Gasteiger partial charge < -0.3 is 8.98 Å². The maximum atomic E-state index is 6.32. The number of hydrogen-bond acceptors (Lipinski definition) is 4. The number of hydrogen-bond donors (Lipinski definition) is 0. The summed E-state index contributed by atoms with van der Waals surface area (Å²) in [5.41, 5.74) is 14.6. The van der Waals surface area contributed by atoms with Crippen LogP contribution in [-0.2, 0) is 0 Å². The van der Waals surface area contributed by atoms with Crippen LogP contribution in [-0.4, -0.2) is 19.5 Å². The van der Waals surface area contributed by atoms with Crippen LogP contribution in [0, 0.1) is 0 Å². The van der Waals surface area contributed by atoms with Gasteiger partial charge in [0.2, 0.25) is 0 Å². The van der Waals surface area contributed by atoms with Crippen molar-refractivity contribution in [1.82, 2.24) is 19.5 Å². The minimum Gasteiger partial charge on any atom is -0.456 e. The third-order valence-electron chi connectivity index (χ3n) is 11.9. The number of furan rings is 1. The van der Waals surface area contributed by atoms with Crippen molar-refractivity contribution in [3.63, 3.8) is 0 Å². The van der Waals surface area contributed by atoms with Gasteiger partial charge in [-0.1, -0.05) is 176 Å². The first-order valence-corrected chi connectivity index (χ1v) is 20.8. The molecule has 5 heteroatoms. The third-order valence-corrected chi connectivity index (χ3v) is 11.9. The van der Waals surface area contributed by atoms with E-state index in [1.165, 1.54) is 33.0 Å². The van der Waals surface area contributed by atoms with E-state index in [4.69, 9.17) is 19.4 Å². The number of benzene rings is 9. The summed E-state index contributed by atoms with van der Waals surface area (Å²) in [4.78, 5) is 15.7. The van der Waals surface area contributed by atoms with Gasteiger partial charge in [-0.3, -0.25) is 0 Å². The van der Waals surface area contributed by atoms with Crippen LogP contribution in [0.15, 0.2) is 223 Å². The van der Waals surface area contributed by atoms with Crippen molar-refractivity contribution in [2.24, 2.45) is 0 Å². The molecule has 0 unspecified atom stereocenters. The van der Waals surface area contributed by atoms with Gasteiger partial charge in [-0.2, -0.15) is 0 Å². The zero-order chi connectivity index (χ0) is 41.0. The molecule has 0 N–H and O–H groups in total. The van der Waals surface area contributed by atoms with E-state index >= 15 is 0 Å². The summed E-state index contributed by atoms with van der Waals surface area (Å²) >= 11 is 0. The molecule has 0 aliphatic rings. The molecule has 0 bridgehead atoms. The molecule has 0 amide bonds. The maximum Gasteiger partial charge on any atom is 0.164 e. The lowest BCUT2D eigenvalue weighted by Gasteiger charge is -2.11. The molecule has 290 valence electrons. The molecule has 12 rings (SSSR count). The molecule has 12 aromatic rings. The first-order valence-electron chi connectivity index (χ1n) is 20.8. The fraction of sp³-hybridized carbons (Fsp3) is 0. The number of aromatic nitrogens is 4. The molecule has 3 heterocycles. The van der Waals surface area contributed by atoms with E-state index in [9.17, 15) is 0 Å². The summed E-state index contributed by atoms with van der Waals surface area (Å²) in [6.45, 7) is 0. The van der Waals surface area contributed by atoms with E-state index in [0.717, 1.165) is 66.5 Å². The van der Waals surface area contributed by atoms with Crippen LogP contribution < -0.4 is 0 Å². The maximum absolute atomic E-state index is 6.32. The second-order valence-electron chi connectivity index (χ2n) is 15.6. The minimum atomic E-state index is 0.584. The Kier molecular flexibility index (Phi) is 8.42. The van der Waals surface area contributed by atoms with Gasteiger partial charge >= 0.3 is 0 Å². The topological polar surface area (TPSA) is 56.7 Å². The standard InChI is InChI=1S/C57H36N4O/c1-3-13-37(14-4-1)38-25-27-39(28-26-38)42-15-11-16-43(35-42)40-29-31-41(32-30-40)55-58-56(60-57(59-55)49-21-12-24-53-54(49)48-20-8-10-23-52(48)62-53)44-33-34-47-46-19-7-9-22-50(46)61(51(47)36-44)45-17-5-2-6-18-45/h1-36H. The number of rotatable bonds is 7. The molecule has 3 aromatic heterocycles. The van der Waals surface area contributed by atoms with Crippen LogP contribution >= 0.6 is 0 Å². The molecule has 0 fully saturated rings. The van der Waals surface area contributed by atoms with E-state index in [2.05, 4.69) is 187 Å². The number of para-hydroxylation sites is 3. The van der Waals surface area contributed by atoms with Gasteiger partial charge in [0.05, 0.1) is 11.0 Å². The van der Waals surface area contributed by atoms with Gasteiger partial charge in [-0.05, 0) is 75.8 Å². The second kappa shape index (κ2) is 14.7. The van der Waals surface area contributed by atoms with Crippen molar-refractivity contribution < 1.29 is 4.42 Å². The summed E-state index contributed by atoms with van der Waals surface area (Å²) in [7, 11) is 0. The summed E-state index contributed by atoms with van der Waals surface area (Å²) in [6.07, 6.45) is 0. The lowest BCUT2D eigenvalue weighted by molar-refractivity contribution is 0.669. The van der Waals surface area contributed by atoms with Gasteiger partial charge in [0, 0.05) is 43.9 Å². The first kappa shape index (κ1) is 35.5. The molecular weight excluding hydrogens is 757 g/mol. The minimum absolute atomic E-state index is 0.584. The van der Waals surface area contributed by atoms with E-state index < -0.39 is 0 Å². The van der Waals surface area contributed by atoms with Gasteiger partial charge in [0.1, 0.15) is 11.2 Å². The Balaban J connectivity index is 0.976. The van der Waals surface area contributed by atoms with Gasteiger partial charge in [0.15, 0.2) is 17.5 Å². The van der Waals surface area contributed by atoms with E-state index in [1.54, 1.807) is 0 Å². The Hall–Kier alpha value is -8.41. The smallest absolute Gasteiger partial charge is 0.164 e. The molecule has 0 saturated carbocycles. The zero-order valence-electron chi connectivity index (χ0n) is 33.5. The molecule has 0 atom stereocenters. The van der Waals surface area contributed by atoms with Gasteiger partial charge in [0.25, 0.3) is 0 Å². The van der Waals surface area contributed by atoms with Crippen molar-refractivity contribution in [2.45, 2.75) is 0 Å². The van der Waals surface area contributed by atoms with Crippen LogP contribution in [0.2, 0.25) is 0 Å². The third kappa shape index (κ3) is 6.14. The van der Waals surface area contributed by atoms with Crippen LogP contribution in [0.5, 0.6) is 0 Å². The Labute approximate surface area is 357 Å². The summed E-state index contributed by atoms with van der Waals surface area (Å²) in [5.74, 6) is 1.77. The van der Waals surface area contributed by atoms with Gasteiger partial charge in [-0.25, -0.2) is 15.0 Å². The van der Waals surface area contributed by atoms with E-state index in [-0.39, 0.29) is 0 Å². The van der Waals surface area contributed by atoms with E-state index in [1.807, 2.05) is 36.4 Å². The molecule has 0 radical (unpaired) electrons. The van der Waals surface area contributed by atoms with Crippen LogP contribution in [0.4, 0.5) is 0 Å². The number of nitrogens with zero attached hydrogens (tertiary/aromatic N) is 4. The van der Waals surface area contributed by atoms with Crippen molar-refractivity contribution in [2.75, 3.05) is 0 Å². The molecular formula is C57H36N4O. The van der Waals surface area contributed by atoms with Crippen LogP contribution in [0.25, 0.3) is 117 Å². The highest BCUT2D eigenvalue weighted by Crippen LogP contribution is 2.39. The van der Waals surface area contributed by atoms with Crippen molar-refractivity contribution in [3.05, 3.63) is 218 Å².